The number of aromatic amines is 1. The Kier molecular flexibility index (Phi) is 3.65. The predicted molar refractivity (Wildman–Crippen MR) is 99.9 cm³/mol. The van der Waals surface area contributed by atoms with Crippen LogP contribution in [0.2, 0.25) is 0 Å². The number of Topliss-reactive ketones (excluding diaryl/α,β-unsaturated/α-hetero) is 1. The fraction of sp³-hybridized carbons (Fsp3) is 0.381. The normalized spacial score (nSPS) is 20.7. The molecule has 26 heavy (non-hydrogen) atoms. The van der Waals surface area contributed by atoms with Crippen molar-refractivity contribution in [1.29, 1.82) is 0 Å². The lowest BCUT2D eigenvalue weighted by atomic mass is 9.75. The molecule has 1 aliphatic carbocycles. The first-order valence-electron chi connectivity index (χ1n) is 8.98. The van der Waals surface area contributed by atoms with Gasteiger partial charge in [0.15, 0.2) is 5.78 Å². The molecule has 4 rings (SSSR count). The van der Waals surface area contributed by atoms with Crippen molar-refractivity contribution in [2.75, 3.05) is 4.90 Å². The summed E-state index contributed by atoms with van der Waals surface area (Å²) in [6.07, 6.45) is 1.81. The van der Waals surface area contributed by atoms with Gasteiger partial charge in [0.05, 0.1) is 0 Å². The standard InChI is InChI=1S/C21H22N2O3/c1-12-8-13-6-4-5-7-17(13)23(12)20(26)15-9-14-16(22-19(15)25)10-21(2,3)11-18(14)24/h4-7,9,12H,8,10-11H2,1-3H3,(H,22,25)/t12-/m0/s1. The Bertz CT molecular complexity index is 987. The van der Waals surface area contributed by atoms with Crippen molar-refractivity contribution in [2.45, 2.75) is 46.1 Å². The van der Waals surface area contributed by atoms with E-state index < -0.39 is 5.56 Å². The van der Waals surface area contributed by atoms with Crippen molar-refractivity contribution >= 4 is 17.4 Å². The third-order valence-corrected chi connectivity index (χ3v) is 5.37. The Hall–Kier alpha value is -2.69. The first-order valence-corrected chi connectivity index (χ1v) is 8.98. The molecule has 1 aromatic carbocycles. The lowest BCUT2D eigenvalue weighted by molar-refractivity contribution is 0.0910. The van der Waals surface area contributed by atoms with Crippen LogP contribution in [0.5, 0.6) is 0 Å². The summed E-state index contributed by atoms with van der Waals surface area (Å²) in [6.45, 7) is 5.99. The Morgan fingerprint density at radius 1 is 1.19 bits per heavy atom. The van der Waals surface area contributed by atoms with Gasteiger partial charge in [-0.3, -0.25) is 14.4 Å². The van der Waals surface area contributed by atoms with E-state index in [-0.39, 0.29) is 28.7 Å². The van der Waals surface area contributed by atoms with Gasteiger partial charge in [-0.25, -0.2) is 0 Å². The topological polar surface area (TPSA) is 70.2 Å². The number of pyridine rings is 1. The van der Waals surface area contributed by atoms with Gasteiger partial charge >= 0.3 is 0 Å². The molecular weight excluding hydrogens is 328 g/mol. The number of fused-ring (bicyclic) bond motifs is 2. The Balaban J connectivity index is 1.78. The molecule has 1 aliphatic heterocycles. The molecule has 0 fully saturated rings. The van der Waals surface area contributed by atoms with Gasteiger partial charge in [-0.05, 0) is 42.9 Å². The number of rotatable bonds is 1. The number of carbonyl (C=O) groups excluding carboxylic acids is 2. The zero-order chi connectivity index (χ0) is 18.6. The average molecular weight is 350 g/mol. The molecule has 134 valence electrons. The van der Waals surface area contributed by atoms with Crippen LogP contribution in [0.1, 0.15) is 59.2 Å². The van der Waals surface area contributed by atoms with E-state index in [1.807, 2.05) is 45.0 Å². The van der Waals surface area contributed by atoms with Crippen molar-refractivity contribution in [1.82, 2.24) is 4.98 Å². The van der Waals surface area contributed by atoms with Gasteiger partial charge in [0.2, 0.25) is 0 Å². The Morgan fingerprint density at radius 2 is 1.92 bits per heavy atom. The zero-order valence-corrected chi connectivity index (χ0v) is 15.3. The highest BCUT2D eigenvalue weighted by atomic mass is 16.2. The van der Waals surface area contributed by atoms with Gasteiger partial charge in [0, 0.05) is 29.4 Å². The van der Waals surface area contributed by atoms with Crippen molar-refractivity contribution in [2.24, 2.45) is 5.41 Å². The third kappa shape index (κ3) is 2.59. The summed E-state index contributed by atoms with van der Waals surface area (Å²) in [7, 11) is 0. The number of hydrogen-bond donors (Lipinski definition) is 1. The van der Waals surface area contributed by atoms with Crippen molar-refractivity contribution < 1.29 is 9.59 Å². The van der Waals surface area contributed by atoms with Crippen LogP contribution in [0.15, 0.2) is 35.1 Å². The molecule has 0 radical (unpaired) electrons. The second-order valence-electron chi connectivity index (χ2n) is 8.20. The van der Waals surface area contributed by atoms with Crippen molar-refractivity contribution in [3.8, 4) is 0 Å². The number of amides is 1. The maximum atomic E-state index is 13.2. The summed E-state index contributed by atoms with van der Waals surface area (Å²) in [5.74, 6) is -0.361. The third-order valence-electron chi connectivity index (χ3n) is 5.37. The second kappa shape index (κ2) is 5.66. The van der Waals surface area contributed by atoms with E-state index in [1.165, 1.54) is 6.07 Å². The van der Waals surface area contributed by atoms with Crippen LogP contribution >= 0.6 is 0 Å². The minimum Gasteiger partial charge on any atom is -0.325 e. The highest BCUT2D eigenvalue weighted by Gasteiger charge is 2.35. The minimum absolute atomic E-state index is 0.0172. The van der Waals surface area contributed by atoms with E-state index in [9.17, 15) is 14.4 Å². The number of carbonyl (C=O) groups is 2. The molecule has 0 bridgehead atoms. The molecule has 0 unspecified atom stereocenters. The molecule has 5 heteroatoms. The van der Waals surface area contributed by atoms with Crippen LogP contribution in [0.4, 0.5) is 5.69 Å². The predicted octanol–water partition coefficient (Wildman–Crippen LogP) is 3.12. The molecule has 5 nitrogen and oxygen atoms in total. The average Bonchev–Trinajstić information content (AvgIpc) is 2.88. The fourth-order valence-electron chi connectivity index (χ4n) is 4.19. The smallest absolute Gasteiger partial charge is 0.264 e. The zero-order valence-electron chi connectivity index (χ0n) is 15.3. The molecule has 2 aromatic rings. The highest BCUT2D eigenvalue weighted by Crippen LogP contribution is 2.35. The summed E-state index contributed by atoms with van der Waals surface area (Å²) in [5.41, 5.74) is 2.50. The number of aromatic nitrogens is 1. The van der Waals surface area contributed by atoms with E-state index in [0.717, 1.165) is 17.7 Å². The van der Waals surface area contributed by atoms with Crippen molar-refractivity contribution in [3.63, 3.8) is 0 Å². The van der Waals surface area contributed by atoms with Gasteiger partial charge in [-0.15, -0.1) is 0 Å². The van der Waals surface area contributed by atoms with E-state index in [2.05, 4.69) is 4.98 Å². The van der Waals surface area contributed by atoms with Crippen LogP contribution in [0.3, 0.4) is 0 Å². The molecule has 2 aliphatic rings. The number of anilines is 1. The monoisotopic (exact) mass is 350 g/mol. The fourth-order valence-corrected chi connectivity index (χ4v) is 4.19. The lowest BCUT2D eigenvalue weighted by Gasteiger charge is -2.30. The van der Waals surface area contributed by atoms with E-state index >= 15 is 0 Å². The van der Waals surface area contributed by atoms with Crippen LogP contribution in [-0.2, 0) is 12.8 Å². The van der Waals surface area contributed by atoms with E-state index in [0.29, 0.717) is 24.1 Å². The van der Waals surface area contributed by atoms with Gasteiger partial charge in [0.1, 0.15) is 5.56 Å². The summed E-state index contributed by atoms with van der Waals surface area (Å²) < 4.78 is 0. The van der Waals surface area contributed by atoms with Gasteiger partial charge in [-0.1, -0.05) is 32.0 Å². The molecule has 1 aromatic heterocycles. The molecule has 1 amide bonds. The number of benzene rings is 1. The number of ketones is 1. The molecule has 0 saturated heterocycles. The molecular formula is C21H22N2O3. The molecule has 1 N–H and O–H groups in total. The van der Waals surface area contributed by atoms with Crippen LogP contribution in [-0.4, -0.2) is 22.7 Å². The Morgan fingerprint density at radius 3 is 2.69 bits per heavy atom. The summed E-state index contributed by atoms with van der Waals surface area (Å²) >= 11 is 0. The molecule has 0 spiro atoms. The maximum absolute atomic E-state index is 13.2. The number of para-hydroxylation sites is 1. The van der Waals surface area contributed by atoms with Crippen molar-refractivity contribution in [3.05, 3.63) is 63.1 Å². The first-order chi connectivity index (χ1) is 12.3. The molecule has 2 heterocycles. The van der Waals surface area contributed by atoms with Gasteiger partial charge in [0.25, 0.3) is 11.5 Å². The highest BCUT2D eigenvalue weighted by molar-refractivity contribution is 6.09. The van der Waals surface area contributed by atoms with Crippen LogP contribution in [0, 0.1) is 5.41 Å². The number of nitrogens with one attached hydrogen (secondary N) is 1. The van der Waals surface area contributed by atoms with E-state index in [4.69, 9.17) is 0 Å². The minimum atomic E-state index is -0.421. The van der Waals surface area contributed by atoms with Gasteiger partial charge in [-0.2, -0.15) is 0 Å². The number of H-pyrrole nitrogens is 1. The summed E-state index contributed by atoms with van der Waals surface area (Å²) in [6, 6.07) is 9.22. The number of nitrogens with zero attached hydrogens (tertiary/aromatic N) is 1. The van der Waals surface area contributed by atoms with Crippen LogP contribution in [0.25, 0.3) is 0 Å². The largest absolute Gasteiger partial charge is 0.325 e. The van der Waals surface area contributed by atoms with E-state index in [1.54, 1.807) is 4.90 Å². The van der Waals surface area contributed by atoms with Crippen LogP contribution < -0.4 is 10.5 Å². The summed E-state index contributed by atoms with van der Waals surface area (Å²) in [4.78, 5) is 42.8. The quantitative estimate of drug-likeness (QED) is 0.859. The first kappa shape index (κ1) is 16.8. The van der Waals surface area contributed by atoms with Gasteiger partial charge < -0.3 is 9.88 Å². The SMILES string of the molecule is C[C@H]1Cc2ccccc2N1C(=O)c1cc2c([nH]c1=O)CC(C)(C)CC2=O. The second-order valence-corrected chi connectivity index (χ2v) is 8.20. The maximum Gasteiger partial charge on any atom is 0.264 e. The Labute approximate surface area is 152 Å². The summed E-state index contributed by atoms with van der Waals surface area (Å²) in [5, 5.41) is 0. The lowest BCUT2D eigenvalue weighted by Crippen LogP contribution is -2.40. The number of hydrogen-bond acceptors (Lipinski definition) is 3. The molecule has 0 saturated carbocycles. The molecule has 1 atom stereocenters.